The van der Waals surface area contributed by atoms with E-state index in [1.54, 1.807) is 13.2 Å². The summed E-state index contributed by atoms with van der Waals surface area (Å²) in [6.45, 7) is 0.361. The van der Waals surface area contributed by atoms with Gasteiger partial charge in [0.15, 0.2) is 0 Å². The Morgan fingerprint density at radius 1 is 1.60 bits per heavy atom. The van der Waals surface area contributed by atoms with Gasteiger partial charge in [0.05, 0.1) is 11.6 Å². The first-order valence-corrected chi connectivity index (χ1v) is 5.08. The van der Waals surface area contributed by atoms with Crippen LogP contribution >= 0.6 is 15.9 Å². The molecule has 15 heavy (non-hydrogen) atoms. The molecule has 5 heteroatoms. The van der Waals surface area contributed by atoms with Gasteiger partial charge in [-0.05, 0) is 39.2 Å². The van der Waals surface area contributed by atoms with Crippen molar-refractivity contribution in [2.24, 2.45) is 5.11 Å². The highest BCUT2D eigenvalue weighted by atomic mass is 79.9. The first-order chi connectivity index (χ1) is 7.27. The summed E-state index contributed by atoms with van der Waals surface area (Å²) in [6.07, 6.45) is 3.69. The van der Waals surface area contributed by atoms with Crippen molar-refractivity contribution in [2.45, 2.75) is 0 Å². The van der Waals surface area contributed by atoms with Gasteiger partial charge in [0.25, 0.3) is 0 Å². The summed E-state index contributed by atoms with van der Waals surface area (Å²) < 4.78 is 6.00. The molecule has 1 rings (SSSR count). The molecule has 78 valence electrons. The van der Waals surface area contributed by atoms with Crippen molar-refractivity contribution in [3.63, 3.8) is 0 Å². The van der Waals surface area contributed by atoms with Crippen molar-refractivity contribution in [3.05, 3.63) is 44.8 Å². The third-order valence-electron chi connectivity index (χ3n) is 1.74. The van der Waals surface area contributed by atoms with Gasteiger partial charge in [-0.3, -0.25) is 0 Å². The number of hydrogen-bond acceptors (Lipinski definition) is 2. The van der Waals surface area contributed by atoms with Crippen molar-refractivity contribution in [1.82, 2.24) is 0 Å². The van der Waals surface area contributed by atoms with E-state index in [0.29, 0.717) is 6.54 Å². The van der Waals surface area contributed by atoms with E-state index in [9.17, 15) is 0 Å². The standard InChI is InChI=1S/C10H10BrN3O/c1-15-10-5-4-8(7-9(10)11)3-2-6-13-14-12/h2-5,7H,6H2,1H3. The molecule has 4 nitrogen and oxygen atoms in total. The summed E-state index contributed by atoms with van der Waals surface area (Å²) in [5, 5.41) is 3.40. The van der Waals surface area contributed by atoms with Gasteiger partial charge in [-0.1, -0.05) is 23.3 Å². The normalized spacial score (nSPS) is 10.0. The summed E-state index contributed by atoms with van der Waals surface area (Å²) in [7, 11) is 1.62. The number of halogens is 1. The van der Waals surface area contributed by atoms with E-state index in [4.69, 9.17) is 10.3 Å². The predicted octanol–water partition coefficient (Wildman–Crippen LogP) is 3.78. The lowest BCUT2D eigenvalue weighted by Crippen LogP contribution is -1.84. The van der Waals surface area contributed by atoms with E-state index in [1.807, 2.05) is 24.3 Å². The van der Waals surface area contributed by atoms with Crippen molar-refractivity contribution in [2.75, 3.05) is 13.7 Å². The van der Waals surface area contributed by atoms with E-state index >= 15 is 0 Å². The molecular formula is C10H10BrN3O. The van der Waals surface area contributed by atoms with E-state index in [1.165, 1.54) is 0 Å². The molecule has 0 saturated heterocycles. The minimum atomic E-state index is 0.361. The van der Waals surface area contributed by atoms with Crippen LogP contribution < -0.4 is 4.74 Å². The molecule has 0 aliphatic heterocycles. The maximum atomic E-state index is 8.08. The van der Waals surface area contributed by atoms with Crippen LogP contribution in [0.25, 0.3) is 16.5 Å². The van der Waals surface area contributed by atoms with E-state index in [-0.39, 0.29) is 0 Å². The number of rotatable bonds is 4. The van der Waals surface area contributed by atoms with Crippen LogP contribution in [0.3, 0.4) is 0 Å². The van der Waals surface area contributed by atoms with Crippen molar-refractivity contribution in [3.8, 4) is 5.75 Å². The Morgan fingerprint density at radius 2 is 2.40 bits per heavy atom. The van der Waals surface area contributed by atoms with Gasteiger partial charge in [0, 0.05) is 11.5 Å². The molecule has 0 aliphatic rings. The fourth-order valence-electron chi connectivity index (χ4n) is 1.06. The van der Waals surface area contributed by atoms with Gasteiger partial charge in [0.2, 0.25) is 0 Å². The molecule has 0 radical (unpaired) electrons. The summed E-state index contributed by atoms with van der Waals surface area (Å²) in [5.74, 6) is 0.794. The zero-order valence-electron chi connectivity index (χ0n) is 8.22. The maximum absolute atomic E-state index is 8.08. The van der Waals surface area contributed by atoms with Crippen LogP contribution in [-0.4, -0.2) is 13.7 Å². The van der Waals surface area contributed by atoms with Crippen LogP contribution in [-0.2, 0) is 0 Å². The Labute approximate surface area is 96.3 Å². The number of methoxy groups -OCH3 is 1. The lowest BCUT2D eigenvalue weighted by Gasteiger charge is -2.02. The Kier molecular flexibility index (Phi) is 4.74. The van der Waals surface area contributed by atoms with Crippen LogP contribution in [0.5, 0.6) is 5.75 Å². The largest absolute Gasteiger partial charge is 0.496 e. The number of hydrogen-bond donors (Lipinski definition) is 0. The SMILES string of the molecule is COc1ccc(C=CCN=[N+]=[N-])cc1Br. The number of benzene rings is 1. The fraction of sp³-hybridized carbons (Fsp3) is 0.200. The molecule has 0 unspecified atom stereocenters. The molecular weight excluding hydrogens is 258 g/mol. The van der Waals surface area contributed by atoms with Crippen LogP contribution in [0.4, 0.5) is 0 Å². The lowest BCUT2D eigenvalue weighted by atomic mass is 10.2. The monoisotopic (exact) mass is 267 g/mol. The second-order valence-corrected chi connectivity index (χ2v) is 3.56. The molecule has 0 amide bonds. The second kappa shape index (κ2) is 6.11. The third-order valence-corrected chi connectivity index (χ3v) is 2.36. The molecule has 0 aromatic heterocycles. The Hall–Kier alpha value is -1.45. The summed E-state index contributed by atoms with van der Waals surface area (Å²) >= 11 is 3.39. The fourth-order valence-corrected chi connectivity index (χ4v) is 1.62. The minimum absolute atomic E-state index is 0.361. The second-order valence-electron chi connectivity index (χ2n) is 2.71. The summed E-state index contributed by atoms with van der Waals surface area (Å²) in [5.41, 5.74) is 9.10. The molecule has 0 N–H and O–H groups in total. The van der Waals surface area contributed by atoms with Gasteiger partial charge in [0.1, 0.15) is 5.75 Å². The smallest absolute Gasteiger partial charge is 0.133 e. The lowest BCUT2D eigenvalue weighted by molar-refractivity contribution is 0.412. The molecule has 0 fully saturated rings. The molecule has 0 aliphatic carbocycles. The molecule has 0 spiro atoms. The molecule has 0 heterocycles. The average Bonchev–Trinajstić information content (AvgIpc) is 2.25. The molecule has 0 atom stereocenters. The van der Waals surface area contributed by atoms with Gasteiger partial charge in [-0.15, -0.1) is 0 Å². The van der Waals surface area contributed by atoms with Gasteiger partial charge >= 0.3 is 0 Å². The third kappa shape index (κ3) is 3.65. The van der Waals surface area contributed by atoms with E-state index < -0.39 is 0 Å². The van der Waals surface area contributed by atoms with Crippen LogP contribution in [0.1, 0.15) is 5.56 Å². The summed E-state index contributed by atoms with van der Waals surface area (Å²) in [4.78, 5) is 2.66. The number of nitrogens with zero attached hydrogens (tertiary/aromatic N) is 3. The van der Waals surface area contributed by atoms with E-state index in [0.717, 1.165) is 15.8 Å². The number of azide groups is 1. The molecule has 1 aromatic carbocycles. The number of ether oxygens (including phenoxy) is 1. The Balaban J connectivity index is 2.75. The van der Waals surface area contributed by atoms with Crippen LogP contribution in [0, 0.1) is 0 Å². The molecule has 1 aromatic rings. The average molecular weight is 268 g/mol. The van der Waals surface area contributed by atoms with Crippen molar-refractivity contribution in [1.29, 1.82) is 0 Å². The zero-order valence-corrected chi connectivity index (χ0v) is 9.81. The van der Waals surface area contributed by atoms with Gasteiger partial charge < -0.3 is 4.74 Å². The maximum Gasteiger partial charge on any atom is 0.133 e. The molecule has 0 saturated carbocycles. The Morgan fingerprint density at radius 3 is 3.00 bits per heavy atom. The van der Waals surface area contributed by atoms with Crippen LogP contribution in [0.15, 0.2) is 33.9 Å². The van der Waals surface area contributed by atoms with E-state index in [2.05, 4.69) is 26.0 Å². The molecule has 0 bridgehead atoms. The highest BCUT2D eigenvalue weighted by Gasteiger charge is 1.98. The quantitative estimate of drug-likeness (QED) is 0.465. The van der Waals surface area contributed by atoms with Crippen LogP contribution in [0.2, 0.25) is 0 Å². The van der Waals surface area contributed by atoms with Gasteiger partial charge in [-0.2, -0.15) is 0 Å². The highest BCUT2D eigenvalue weighted by Crippen LogP contribution is 2.25. The zero-order chi connectivity index (χ0) is 11.1. The highest BCUT2D eigenvalue weighted by molar-refractivity contribution is 9.10. The van der Waals surface area contributed by atoms with Crippen molar-refractivity contribution < 1.29 is 4.74 Å². The predicted molar refractivity (Wildman–Crippen MR) is 63.7 cm³/mol. The van der Waals surface area contributed by atoms with Crippen molar-refractivity contribution >= 4 is 22.0 Å². The Bertz CT molecular complexity index is 411. The summed E-state index contributed by atoms with van der Waals surface area (Å²) in [6, 6.07) is 5.74. The first kappa shape index (κ1) is 11.6. The van der Waals surface area contributed by atoms with Gasteiger partial charge in [-0.25, -0.2) is 0 Å². The topological polar surface area (TPSA) is 58.0 Å². The minimum Gasteiger partial charge on any atom is -0.496 e. The first-order valence-electron chi connectivity index (χ1n) is 4.29.